The third kappa shape index (κ3) is 3.56. The number of nitrogens with one attached hydrogen (secondary N) is 1. The number of hydrogen-bond donors (Lipinski definition) is 1. The second-order valence-electron chi connectivity index (χ2n) is 5.46. The van der Waals surface area contributed by atoms with Gasteiger partial charge in [-0.1, -0.05) is 24.3 Å². The molecule has 3 aromatic rings. The predicted molar refractivity (Wildman–Crippen MR) is 87.6 cm³/mol. The van der Waals surface area contributed by atoms with Crippen molar-refractivity contribution in [2.75, 3.05) is 6.54 Å². The number of nitrogens with zero attached hydrogens (tertiary/aromatic N) is 2. The first-order valence-corrected chi connectivity index (χ1v) is 7.56. The van der Waals surface area contributed by atoms with Gasteiger partial charge >= 0.3 is 0 Å². The minimum atomic E-state index is -0.241. The van der Waals surface area contributed by atoms with Crippen molar-refractivity contribution >= 4 is 16.9 Å². The van der Waals surface area contributed by atoms with E-state index in [2.05, 4.69) is 14.9 Å². The van der Waals surface area contributed by atoms with Gasteiger partial charge in [-0.3, -0.25) is 4.79 Å². The van der Waals surface area contributed by atoms with Gasteiger partial charge < -0.3 is 9.88 Å². The van der Waals surface area contributed by atoms with Crippen LogP contribution in [0, 0.1) is 5.82 Å². The highest BCUT2D eigenvalue weighted by Gasteiger charge is 2.11. The molecule has 1 aromatic heterocycles. The molecule has 23 heavy (non-hydrogen) atoms. The van der Waals surface area contributed by atoms with Gasteiger partial charge in [-0.05, 0) is 29.8 Å². The number of hydrogen-bond acceptors (Lipinski definition) is 2. The zero-order valence-electron chi connectivity index (χ0n) is 12.9. The zero-order chi connectivity index (χ0) is 16.2. The van der Waals surface area contributed by atoms with Crippen LogP contribution < -0.4 is 5.32 Å². The Kier molecular flexibility index (Phi) is 4.37. The molecular formula is C18H18FN3O. The lowest BCUT2D eigenvalue weighted by atomic mass is 10.2. The van der Waals surface area contributed by atoms with Crippen LogP contribution in [-0.2, 0) is 17.8 Å². The molecule has 0 aliphatic heterocycles. The third-order valence-corrected chi connectivity index (χ3v) is 3.71. The molecule has 5 heteroatoms. The first-order chi connectivity index (χ1) is 11.1. The van der Waals surface area contributed by atoms with Crippen LogP contribution >= 0.6 is 0 Å². The van der Waals surface area contributed by atoms with Crippen molar-refractivity contribution in [2.45, 2.75) is 19.9 Å². The summed E-state index contributed by atoms with van der Waals surface area (Å²) in [4.78, 5) is 15.7. The average Bonchev–Trinajstić information content (AvgIpc) is 2.87. The van der Waals surface area contributed by atoms with E-state index in [9.17, 15) is 9.18 Å². The Bertz CT molecular complexity index is 824. The third-order valence-electron chi connectivity index (χ3n) is 3.71. The number of fused-ring (bicyclic) bond motifs is 1. The molecule has 1 amide bonds. The summed E-state index contributed by atoms with van der Waals surface area (Å²) < 4.78 is 15.2. The first-order valence-electron chi connectivity index (χ1n) is 7.56. The molecule has 0 saturated heterocycles. The van der Waals surface area contributed by atoms with Crippen molar-refractivity contribution in [2.24, 2.45) is 0 Å². The SMILES string of the molecule is CC(=O)NCCc1nc2ccccc2n1Cc1ccc(F)cc1. The van der Waals surface area contributed by atoms with E-state index in [1.807, 2.05) is 24.3 Å². The second-order valence-corrected chi connectivity index (χ2v) is 5.46. The highest BCUT2D eigenvalue weighted by atomic mass is 19.1. The number of carbonyl (C=O) groups excluding carboxylic acids is 1. The maximum absolute atomic E-state index is 13.1. The fourth-order valence-corrected chi connectivity index (χ4v) is 2.62. The average molecular weight is 311 g/mol. The van der Waals surface area contributed by atoms with Crippen molar-refractivity contribution < 1.29 is 9.18 Å². The fourth-order valence-electron chi connectivity index (χ4n) is 2.62. The minimum absolute atomic E-state index is 0.0498. The predicted octanol–water partition coefficient (Wildman–Crippen LogP) is 2.90. The Hall–Kier alpha value is -2.69. The Morgan fingerprint density at radius 1 is 1.17 bits per heavy atom. The Balaban J connectivity index is 1.91. The molecule has 1 heterocycles. The smallest absolute Gasteiger partial charge is 0.216 e. The van der Waals surface area contributed by atoms with Gasteiger partial charge in [-0.15, -0.1) is 0 Å². The Morgan fingerprint density at radius 2 is 1.91 bits per heavy atom. The molecule has 0 fully saturated rings. The molecule has 0 spiro atoms. The standard InChI is InChI=1S/C18H18FN3O/c1-13(23)20-11-10-18-21-16-4-2-3-5-17(16)22(18)12-14-6-8-15(19)9-7-14/h2-9H,10-12H2,1H3,(H,20,23). The number of halogens is 1. The summed E-state index contributed by atoms with van der Waals surface area (Å²) in [6.07, 6.45) is 0.648. The second kappa shape index (κ2) is 6.60. The van der Waals surface area contributed by atoms with Crippen LogP contribution in [0.1, 0.15) is 18.3 Å². The number of aromatic nitrogens is 2. The maximum atomic E-state index is 13.1. The lowest BCUT2D eigenvalue weighted by molar-refractivity contribution is -0.118. The van der Waals surface area contributed by atoms with Crippen molar-refractivity contribution in [1.29, 1.82) is 0 Å². The quantitative estimate of drug-likeness (QED) is 0.787. The van der Waals surface area contributed by atoms with E-state index in [0.717, 1.165) is 22.4 Å². The van der Waals surface area contributed by atoms with E-state index in [-0.39, 0.29) is 11.7 Å². The van der Waals surface area contributed by atoms with Crippen LogP contribution in [0.15, 0.2) is 48.5 Å². The first kappa shape index (κ1) is 15.2. The molecule has 0 unspecified atom stereocenters. The van der Waals surface area contributed by atoms with Gasteiger partial charge in [0.25, 0.3) is 0 Å². The Labute approximate surface area is 134 Å². The van der Waals surface area contributed by atoms with E-state index in [0.29, 0.717) is 19.5 Å². The van der Waals surface area contributed by atoms with Gasteiger partial charge in [-0.2, -0.15) is 0 Å². The topological polar surface area (TPSA) is 46.9 Å². The van der Waals surface area contributed by atoms with Crippen molar-refractivity contribution in [3.8, 4) is 0 Å². The van der Waals surface area contributed by atoms with Crippen LogP contribution in [0.5, 0.6) is 0 Å². The molecule has 0 radical (unpaired) electrons. The molecule has 1 N–H and O–H groups in total. The van der Waals surface area contributed by atoms with Gasteiger partial charge in [0.05, 0.1) is 11.0 Å². The summed E-state index contributed by atoms with van der Waals surface area (Å²) in [5.74, 6) is 0.616. The van der Waals surface area contributed by atoms with Crippen LogP contribution in [0.4, 0.5) is 4.39 Å². The summed E-state index contributed by atoms with van der Waals surface area (Å²) in [5.41, 5.74) is 2.97. The zero-order valence-corrected chi connectivity index (χ0v) is 12.9. The number of imidazole rings is 1. The lowest BCUT2D eigenvalue weighted by Gasteiger charge is -2.10. The van der Waals surface area contributed by atoms with Gasteiger partial charge in [0, 0.05) is 26.4 Å². The number of rotatable bonds is 5. The van der Waals surface area contributed by atoms with Gasteiger partial charge in [0.2, 0.25) is 5.91 Å². The molecule has 3 rings (SSSR count). The summed E-state index contributed by atoms with van der Waals surface area (Å²) in [7, 11) is 0. The molecule has 0 saturated carbocycles. The molecule has 0 aliphatic carbocycles. The normalized spacial score (nSPS) is 10.9. The Morgan fingerprint density at radius 3 is 2.65 bits per heavy atom. The molecule has 0 atom stereocenters. The number of amides is 1. The molecular weight excluding hydrogens is 293 g/mol. The van der Waals surface area contributed by atoms with Crippen LogP contribution in [0.3, 0.4) is 0 Å². The van der Waals surface area contributed by atoms with Crippen LogP contribution in [-0.4, -0.2) is 22.0 Å². The van der Waals surface area contributed by atoms with E-state index in [4.69, 9.17) is 0 Å². The molecule has 118 valence electrons. The summed E-state index contributed by atoms with van der Waals surface area (Å²) in [6.45, 7) is 2.67. The largest absolute Gasteiger partial charge is 0.356 e. The van der Waals surface area contributed by atoms with E-state index in [1.54, 1.807) is 12.1 Å². The molecule has 0 aliphatic rings. The summed E-state index contributed by atoms with van der Waals surface area (Å²) >= 11 is 0. The van der Waals surface area contributed by atoms with Crippen LogP contribution in [0.25, 0.3) is 11.0 Å². The fraction of sp³-hybridized carbons (Fsp3) is 0.222. The number of carbonyl (C=O) groups is 1. The lowest BCUT2D eigenvalue weighted by Crippen LogP contribution is -2.23. The summed E-state index contributed by atoms with van der Waals surface area (Å²) in [5, 5.41) is 2.80. The highest BCUT2D eigenvalue weighted by Crippen LogP contribution is 2.18. The molecule has 0 bridgehead atoms. The van der Waals surface area contributed by atoms with Crippen LogP contribution in [0.2, 0.25) is 0 Å². The molecule has 4 nitrogen and oxygen atoms in total. The van der Waals surface area contributed by atoms with Gasteiger partial charge in [0.1, 0.15) is 11.6 Å². The summed E-state index contributed by atoms with van der Waals surface area (Å²) in [6, 6.07) is 14.4. The van der Waals surface area contributed by atoms with E-state index in [1.165, 1.54) is 19.1 Å². The number of para-hydroxylation sites is 2. The van der Waals surface area contributed by atoms with Crippen molar-refractivity contribution in [3.05, 3.63) is 65.7 Å². The van der Waals surface area contributed by atoms with E-state index >= 15 is 0 Å². The van der Waals surface area contributed by atoms with E-state index < -0.39 is 0 Å². The number of benzene rings is 2. The monoisotopic (exact) mass is 311 g/mol. The maximum Gasteiger partial charge on any atom is 0.216 e. The molecule has 2 aromatic carbocycles. The van der Waals surface area contributed by atoms with Crippen molar-refractivity contribution in [1.82, 2.24) is 14.9 Å². The van der Waals surface area contributed by atoms with Crippen molar-refractivity contribution in [3.63, 3.8) is 0 Å². The minimum Gasteiger partial charge on any atom is -0.356 e. The van der Waals surface area contributed by atoms with Gasteiger partial charge in [0.15, 0.2) is 0 Å². The van der Waals surface area contributed by atoms with Gasteiger partial charge in [-0.25, -0.2) is 9.37 Å². The highest BCUT2D eigenvalue weighted by molar-refractivity contribution is 5.76.